The van der Waals surface area contributed by atoms with Crippen LogP contribution in [0.25, 0.3) is 0 Å². The maximum Gasteiger partial charge on any atom is 0.416 e. The van der Waals surface area contributed by atoms with Crippen LogP contribution in [0.4, 0.5) is 26.3 Å². The molecule has 3 atom stereocenters. The van der Waals surface area contributed by atoms with E-state index in [0.717, 1.165) is 51.3 Å². The van der Waals surface area contributed by atoms with E-state index in [1.807, 2.05) is 30.3 Å². The molecular weight excluding hydrogens is 534 g/mol. The molecule has 218 valence electrons. The minimum Gasteiger partial charge on any atom is -0.335 e. The molecule has 3 aliphatic heterocycles. The third kappa shape index (κ3) is 6.63. The molecule has 2 aromatic carbocycles. The topological polar surface area (TPSA) is 38.8 Å². The van der Waals surface area contributed by atoms with E-state index < -0.39 is 35.0 Å². The molecule has 1 amide bonds. The number of hydrogen-bond donors (Lipinski definition) is 1. The van der Waals surface area contributed by atoms with Gasteiger partial charge in [-0.25, -0.2) is 0 Å². The molecule has 3 aliphatic rings. The molecule has 1 N–H and O–H groups in total. The highest BCUT2D eigenvalue weighted by Crippen LogP contribution is 2.37. The van der Waals surface area contributed by atoms with Gasteiger partial charge in [-0.3, -0.25) is 14.6 Å². The van der Waals surface area contributed by atoms with Crippen LogP contribution in [0.3, 0.4) is 0 Å². The van der Waals surface area contributed by atoms with E-state index in [2.05, 4.69) is 15.1 Å². The molecule has 0 bridgehead atoms. The van der Waals surface area contributed by atoms with Crippen molar-refractivity contribution >= 4 is 5.91 Å². The van der Waals surface area contributed by atoms with Crippen LogP contribution in [-0.2, 0) is 18.8 Å². The highest BCUT2D eigenvalue weighted by molar-refractivity contribution is 5.95. The third-order valence-electron chi connectivity index (χ3n) is 8.51. The lowest BCUT2D eigenvalue weighted by Gasteiger charge is -2.47. The Labute approximate surface area is 230 Å². The van der Waals surface area contributed by atoms with E-state index in [9.17, 15) is 31.1 Å². The first-order chi connectivity index (χ1) is 19.0. The largest absolute Gasteiger partial charge is 0.416 e. The Bertz CT molecular complexity index is 1130. The number of benzene rings is 2. The summed E-state index contributed by atoms with van der Waals surface area (Å²) in [4.78, 5) is 20.0. The van der Waals surface area contributed by atoms with Crippen molar-refractivity contribution in [3.05, 3.63) is 70.8 Å². The molecule has 3 unspecified atom stereocenters. The minimum absolute atomic E-state index is 0.0613. The highest BCUT2D eigenvalue weighted by Gasteiger charge is 2.40. The fourth-order valence-corrected chi connectivity index (χ4v) is 6.37. The Kier molecular flexibility index (Phi) is 8.45. The number of hydrogen-bond acceptors (Lipinski definition) is 4. The smallest absolute Gasteiger partial charge is 0.335 e. The van der Waals surface area contributed by atoms with Crippen molar-refractivity contribution in [3.63, 3.8) is 0 Å². The SMILES string of the molecule is O=C(c1cc(C(F)(F)F)cc(C(F)(F)F)c1)N1CCC(N2CCN(C3CCNC3)CC2)CC1Cc1ccccc1. The van der Waals surface area contributed by atoms with Gasteiger partial charge in [-0.15, -0.1) is 0 Å². The average Bonchev–Trinajstić information content (AvgIpc) is 3.47. The summed E-state index contributed by atoms with van der Waals surface area (Å²) >= 11 is 0. The lowest BCUT2D eigenvalue weighted by atomic mass is 9.90. The van der Waals surface area contributed by atoms with Crippen LogP contribution in [0, 0.1) is 0 Å². The van der Waals surface area contributed by atoms with Crippen molar-refractivity contribution in [1.29, 1.82) is 0 Å². The molecule has 3 saturated heterocycles. The maximum atomic E-state index is 13.6. The van der Waals surface area contributed by atoms with Crippen molar-refractivity contribution in [3.8, 4) is 0 Å². The zero-order valence-electron chi connectivity index (χ0n) is 22.1. The van der Waals surface area contributed by atoms with Crippen molar-refractivity contribution in [2.75, 3.05) is 45.8 Å². The van der Waals surface area contributed by atoms with Crippen LogP contribution in [0.15, 0.2) is 48.5 Å². The van der Waals surface area contributed by atoms with Crippen molar-refractivity contribution in [1.82, 2.24) is 20.0 Å². The third-order valence-corrected chi connectivity index (χ3v) is 8.51. The molecule has 3 fully saturated rings. The van der Waals surface area contributed by atoms with E-state index in [4.69, 9.17) is 0 Å². The molecule has 2 aromatic rings. The Balaban J connectivity index is 1.36. The first kappa shape index (κ1) is 28.9. The Morgan fingerprint density at radius 3 is 1.95 bits per heavy atom. The highest BCUT2D eigenvalue weighted by atomic mass is 19.4. The minimum atomic E-state index is -5.01. The zero-order valence-corrected chi connectivity index (χ0v) is 22.1. The second-order valence-corrected chi connectivity index (χ2v) is 11.0. The van der Waals surface area contributed by atoms with Crippen LogP contribution >= 0.6 is 0 Å². The average molecular weight is 569 g/mol. The predicted molar refractivity (Wildman–Crippen MR) is 139 cm³/mol. The van der Waals surface area contributed by atoms with Crippen molar-refractivity contribution < 1.29 is 31.1 Å². The normalized spacial score (nSPS) is 25.4. The monoisotopic (exact) mass is 568 g/mol. The molecule has 0 aliphatic carbocycles. The van der Waals surface area contributed by atoms with E-state index in [1.54, 1.807) is 0 Å². The Morgan fingerprint density at radius 1 is 0.800 bits per heavy atom. The fourth-order valence-electron chi connectivity index (χ4n) is 6.37. The molecule has 5 rings (SSSR count). The molecule has 40 heavy (non-hydrogen) atoms. The number of piperidine rings is 1. The van der Waals surface area contributed by atoms with Crippen LogP contribution < -0.4 is 5.32 Å². The van der Waals surface area contributed by atoms with Gasteiger partial charge in [-0.05, 0) is 56.0 Å². The second kappa shape index (κ2) is 11.7. The number of halogens is 6. The summed E-state index contributed by atoms with van der Waals surface area (Å²) in [6, 6.07) is 11.0. The van der Waals surface area contributed by atoms with Crippen molar-refractivity contribution in [2.24, 2.45) is 0 Å². The van der Waals surface area contributed by atoms with Gasteiger partial charge in [0.05, 0.1) is 11.1 Å². The van der Waals surface area contributed by atoms with Crippen LogP contribution in [0.5, 0.6) is 0 Å². The summed E-state index contributed by atoms with van der Waals surface area (Å²) in [6.07, 6.45) is -7.18. The predicted octanol–water partition coefficient (Wildman–Crippen LogP) is 4.92. The van der Waals surface area contributed by atoms with E-state index in [1.165, 1.54) is 4.90 Å². The van der Waals surface area contributed by atoms with Gasteiger partial charge in [0.2, 0.25) is 0 Å². The summed E-state index contributed by atoms with van der Waals surface area (Å²) in [5.41, 5.74) is -2.58. The van der Waals surface area contributed by atoms with Crippen LogP contribution in [-0.4, -0.2) is 84.5 Å². The quantitative estimate of drug-likeness (QED) is 0.520. The first-order valence-corrected chi connectivity index (χ1v) is 13.8. The van der Waals surface area contributed by atoms with E-state index in [0.29, 0.717) is 37.4 Å². The fraction of sp³-hybridized carbons (Fsp3) is 0.552. The van der Waals surface area contributed by atoms with E-state index in [-0.39, 0.29) is 24.7 Å². The lowest BCUT2D eigenvalue weighted by Crippen LogP contribution is -2.58. The van der Waals surface area contributed by atoms with Gasteiger partial charge < -0.3 is 10.2 Å². The number of carbonyl (C=O) groups is 1. The number of rotatable bonds is 5. The Hall–Kier alpha value is -2.63. The number of likely N-dealkylation sites (tertiary alicyclic amines) is 1. The zero-order chi connectivity index (χ0) is 28.5. The van der Waals surface area contributed by atoms with Gasteiger partial charge in [0.15, 0.2) is 0 Å². The van der Waals surface area contributed by atoms with Gasteiger partial charge in [0.1, 0.15) is 0 Å². The van der Waals surface area contributed by atoms with Gasteiger partial charge in [0, 0.05) is 63.0 Å². The van der Waals surface area contributed by atoms with Gasteiger partial charge in [-0.1, -0.05) is 30.3 Å². The summed E-state index contributed by atoms with van der Waals surface area (Å²) in [5, 5.41) is 3.41. The number of carbonyl (C=O) groups excluding carboxylic acids is 1. The molecule has 0 spiro atoms. The molecule has 3 heterocycles. The van der Waals surface area contributed by atoms with Crippen molar-refractivity contribution in [2.45, 2.75) is 56.2 Å². The molecule has 5 nitrogen and oxygen atoms in total. The standard InChI is InChI=1S/C29H34F6N4O/c30-28(31,32)22-15-21(16-23(17-22)29(33,34)35)27(40)39-9-7-24(18-26(39)14-20-4-2-1-3-5-20)37-10-12-38(13-11-37)25-6-8-36-19-25/h1-5,15-17,24-26,36H,6-14,18-19H2. The van der Waals surface area contributed by atoms with Crippen LogP contribution in [0.2, 0.25) is 0 Å². The first-order valence-electron chi connectivity index (χ1n) is 13.8. The molecule has 0 saturated carbocycles. The number of alkyl halides is 6. The Morgan fingerprint density at radius 2 is 1.40 bits per heavy atom. The molecule has 0 aromatic heterocycles. The summed E-state index contributed by atoms with van der Waals surface area (Å²) < 4.78 is 80.9. The van der Waals surface area contributed by atoms with Gasteiger partial charge in [-0.2, -0.15) is 26.3 Å². The van der Waals surface area contributed by atoms with Gasteiger partial charge >= 0.3 is 12.4 Å². The number of nitrogens with zero attached hydrogens (tertiary/aromatic N) is 3. The summed E-state index contributed by atoms with van der Waals surface area (Å²) in [6.45, 7) is 6.02. The number of nitrogens with one attached hydrogen (secondary N) is 1. The van der Waals surface area contributed by atoms with Gasteiger partial charge in [0.25, 0.3) is 5.91 Å². The molecule has 0 radical (unpaired) electrons. The molecule has 11 heteroatoms. The van der Waals surface area contributed by atoms with E-state index >= 15 is 0 Å². The van der Waals surface area contributed by atoms with Crippen LogP contribution in [0.1, 0.15) is 46.3 Å². The lowest BCUT2D eigenvalue weighted by molar-refractivity contribution is -0.143. The number of piperazine rings is 1. The summed E-state index contributed by atoms with van der Waals surface area (Å²) in [7, 11) is 0. The second-order valence-electron chi connectivity index (χ2n) is 11.0. The maximum absolute atomic E-state index is 13.6. The number of amides is 1. The molecular formula is C29H34F6N4O. The summed E-state index contributed by atoms with van der Waals surface area (Å²) in [5.74, 6) is -0.797.